The summed E-state index contributed by atoms with van der Waals surface area (Å²) in [7, 11) is 3.10. The van der Waals surface area contributed by atoms with Crippen molar-refractivity contribution in [3.05, 3.63) is 29.8 Å². The largest absolute Gasteiger partial charge is 0.389 e. The van der Waals surface area contributed by atoms with Crippen LogP contribution in [0.1, 0.15) is 24.2 Å². The molecule has 0 radical (unpaired) electrons. The quantitative estimate of drug-likeness (QED) is 0.797. The first-order valence-electron chi connectivity index (χ1n) is 7.18. The molecule has 1 rings (SSSR count). The third-order valence-corrected chi connectivity index (χ3v) is 3.09. The van der Waals surface area contributed by atoms with Crippen LogP contribution < -0.4 is 5.32 Å². The van der Waals surface area contributed by atoms with Crippen molar-refractivity contribution < 1.29 is 19.4 Å². The van der Waals surface area contributed by atoms with Crippen molar-refractivity contribution in [3.8, 4) is 0 Å². The minimum Gasteiger partial charge on any atom is -0.389 e. The van der Waals surface area contributed by atoms with Gasteiger partial charge in [-0.3, -0.25) is 9.59 Å². The van der Waals surface area contributed by atoms with E-state index in [-0.39, 0.29) is 30.9 Å². The molecule has 0 heterocycles. The number of ether oxygens (including phenoxy) is 1. The number of aliphatic hydroxyl groups is 1. The van der Waals surface area contributed by atoms with Crippen molar-refractivity contribution >= 4 is 17.5 Å². The molecule has 2 amide bonds. The number of methoxy groups -OCH3 is 1. The molecule has 0 spiro atoms. The van der Waals surface area contributed by atoms with E-state index in [9.17, 15) is 14.7 Å². The fourth-order valence-electron chi connectivity index (χ4n) is 1.88. The van der Waals surface area contributed by atoms with Gasteiger partial charge in [0.15, 0.2) is 0 Å². The van der Waals surface area contributed by atoms with Crippen LogP contribution in [0.15, 0.2) is 24.3 Å². The highest BCUT2D eigenvalue weighted by molar-refractivity contribution is 5.97. The normalized spacial score (nSPS) is 12.1. The van der Waals surface area contributed by atoms with Crippen LogP contribution in [0.3, 0.4) is 0 Å². The van der Waals surface area contributed by atoms with Crippen molar-refractivity contribution in [2.24, 2.45) is 5.92 Å². The van der Waals surface area contributed by atoms with E-state index in [1.165, 1.54) is 12.0 Å². The molecule has 0 aliphatic rings. The summed E-state index contributed by atoms with van der Waals surface area (Å²) in [6.45, 7) is 3.95. The van der Waals surface area contributed by atoms with Gasteiger partial charge < -0.3 is 20.1 Å². The maximum atomic E-state index is 12.3. The van der Waals surface area contributed by atoms with Crippen LogP contribution in [0.25, 0.3) is 0 Å². The SMILES string of the molecule is COCC(O)CN(C)C(=O)c1cccc(NC(=O)C(C)C)c1. The molecular formula is C16H24N2O4. The molecule has 122 valence electrons. The van der Waals surface area contributed by atoms with Crippen LogP contribution >= 0.6 is 0 Å². The van der Waals surface area contributed by atoms with Gasteiger partial charge in [-0.25, -0.2) is 0 Å². The van der Waals surface area contributed by atoms with E-state index < -0.39 is 6.10 Å². The highest BCUT2D eigenvalue weighted by Crippen LogP contribution is 2.13. The molecule has 0 aliphatic carbocycles. The molecule has 0 aromatic heterocycles. The Morgan fingerprint density at radius 1 is 1.36 bits per heavy atom. The first-order chi connectivity index (χ1) is 10.3. The molecule has 0 saturated heterocycles. The van der Waals surface area contributed by atoms with E-state index in [4.69, 9.17) is 4.74 Å². The van der Waals surface area contributed by atoms with Gasteiger partial charge in [0.2, 0.25) is 5.91 Å². The van der Waals surface area contributed by atoms with Crippen LogP contribution in [0.4, 0.5) is 5.69 Å². The summed E-state index contributed by atoms with van der Waals surface area (Å²) in [6.07, 6.45) is -0.734. The molecule has 1 aromatic rings. The Morgan fingerprint density at radius 2 is 2.05 bits per heavy atom. The number of hydrogen-bond donors (Lipinski definition) is 2. The van der Waals surface area contributed by atoms with Crippen LogP contribution in [0, 0.1) is 5.92 Å². The van der Waals surface area contributed by atoms with Crippen LogP contribution in [0.5, 0.6) is 0 Å². The second-order valence-electron chi connectivity index (χ2n) is 5.52. The second kappa shape index (κ2) is 8.51. The molecule has 0 aliphatic heterocycles. The first-order valence-corrected chi connectivity index (χ1v) is 7.18. The average Bonchev–Trinajstić information content (AvgIpc) is 2.46. The highest BCUT2D eigenvalue weighted by Gasteiger charge is 2.16. The smallest absolute Gasteiger partial charge is 0.253 e. The first kappa shape index (κ1) is 18.1. The van der Waals surface area contributed by atoms with E-state index in [1.807, 2.05) is 0 Å². The van der Waals surface area contributed by atoms with Gasteiger partial charge in [-0.05, 0) is 18.2 Å². The number of nitrogens with zero attached hydrogens (tertiary/aromatic N) is 1. The van der Waals surface area contributed by atoms with Crippen molar-refractivity contribution in [2.75, 3.05) is 32.6 Å². The molecule has 1 aromatic carbocycles. The number of rotatable bonds is 7. The van der Waals surface area contributed by atoms with Crippen molar-refractivity contribution in [1.82, 2.24) is 4.90 Å². The molecule has 0 saturated carbocycles. The van der Waals surface area contributed by atoms with E-state index in [2.05, 4.69) is 5.32 Å². The van der Waals surface area contributed by atoms with E-state index in [0.29, 0.717) is 11.3 Å². The van der Waals surface area contributed by atoms with Gasteiger partial charge in [-0.2, -0.15) is 0 Å². The van der Waals surface area contributed by atoms with Crippen molar-refractivity contribution in [1.29, 1.82) is 0 Å². The summed E-state index contributed by atoms with van der Waals surface area (Å²) < 4.78 is 4.84. The van der Waals surface area contributed by atoms with Gasteiger partial charge in [0, 0.05) is 37.9 Å². The molecule has 1 unspecified atom stereocenters. The lowest BCUT2D eigenvalue weighted by Gasteiger charge is -2.21. The summed E-state index contributed by atoms with van der Waals surface area (Å²) in [5.74, 6) is -0.463. The van der Waals surface area contributed by atoms with Crippen LogP contribution in [-0.2, 0) is 9.53 Å². The fraction of sp³-hybridized carbons (Fsp3) is 0.500. The average molecular weight is 308 g/mol. The zero-order valence-corrected chi connectivity index (χ0v) is 13.5. The van der Waals surface area contributed by atoms with Gasteiger partial charge in [-0.1, -0.05) is 19.9 Å². The maximum absolute atomic E-state index is 12.3. The van der Waals surface area contributed by atoms with Crippen molar-refractivity contribution in [2.45, 2.75) is 20.0 Å². The third-order valence-electron chi connectivity index (χ3n) is 3.09. The Kier molecular flexibility index (Phi) is 7.01. The Morgan fingerprint density at radius 3 is 2.64 bits per heavy atom. The Hall–Kier alpha value is -1.92. The topological polar surface area (TPSA) is 78.9 Å². The second-order valence-corrected chi connectivity index (χ2v) is 5.52. The molecule has 6 heteroatoms. The Bertz CT molecular complexity index is 517. The number of carbonyl (C=O) groups is 2. The molecule has 1 atom stereocenters. The Labute approximate surface area is 131 Å². The minimum atomic E-state index is -0.734. The molecular weight excluding hydrogens is 284 g/mol. The number of aliphatic hydroxyl groups excluding tert-OH is 1. The lowest BCUT2D eigenvalue weighted by molar-refractivity contribution is -0.118. The highest BCUT2D eigenvalue weighted by atomic mass is 16.5. The summed E-state index contributed by atoms with van der Waals surface area (Å²) in [6, 6.07) is 6.74. The standard InChI is InChI=1S/C16H24N2O4/c1-11(2)15(20)17-13-7-5-6-12(8-13)16(21)18(3)9-14(19)10-22-4/h5-8,11,14,19H,9-10H2,1-4H3,(H,17,20). The summed E-state index contributed by atoms with van der Waals surface area (Å²) in [4.78, 5) is 25.4. The minimum absolute atomic E-state index is 0.103. The lowest BCUT2D eigenvalue weighted by Crippen LogP contribution is -2.36. The number of anilines is 1. The number of nitrogens with one attached hydrogen (secondary N) is 1. The van der Waals surface area contributed by atoms with E-state index in [1.54, 1.807) is 45.2 Å². The van der Waals surface area contributed by atoms with Gasteiger partial charge in [-0.15, -0.1) is 0 Å². The summed E-state index contributed by atoms with van der Waals surface area (Å²) in [5, 5.41) is 12.4. The van der Waals surface area contributed by atoms with Crippen LogP contribution in [0.2, 0.25) is 0 Å². The third kappa shape index (κ3) is 5.46. The number of hydrogen-bond acceptors (Lipinski definition) is 4. The summed E-state index contributed by atoms with van der Waals surface area (Å²) >= 11 is 0. The predicted molar refractivity (Wildman–Crippen MR) is 84.8 cm³/mol. The monoisotopic (exact) mass is 308 g/mol. The lowest BCUT2D eigenvalue weighted by atomic mass is 10.1. The van der Waals surface area contributed by atoms with Gasteiger partial charge in [0.25, 0.3) is 5.91 Å². The summed E-state index contributed by atoms with van der Waals surface area (Å²) in [5.41, 5.74) is 1.03. The molecule has 22 heavy (non-hydrogen) atoms. The molecule has 0 bridgehead atoms. The van der Waals surface area contributed by atoms with Crippen LogP contribution in [-0.4, -0.2) is 55.2 Å². The van der Waals surface area contributed by atoms with E-state index >= 15 is 0 Å². The van der Waals surface area contributed by atoms with Crippen molar-refractivity contribution in [3.63, 3.8) is 0 Å². The zero-order chi connectivity index (χ0) is 16.7. The number of carbonyl (C=O) groups excluding carboxylic acids is 2. The molecule has 0 fully saturated rings. The number of likely N-dealkylation sites (N-methyl/N-ethyl adjacent to an activating group) is 1. The Balaban J connectivity index is 2.75. The molecule has 2 N–H and O–H groups in total. The van der Waals surface area contributed by atoms with E-state index in [0.717, 1.165) is 0 Å². The van der Waals surface area contributed by atoms with Gasteiger partial charge in [0.05, 0.1) is 12.7 Å². The fourth-order valence-corrected chi connectivity index (χ4v) is 1.88. The molecule has 6 nitrogen and oxygen atoms in total. The predicted octanol–water partition coefficient (Wildman–Crippen LogP) is 1.36. The van der Waals surface area contributed by atoms with Gasteiger partial charge in [0.1, 0.15) is 0 Å². The maximum Gasteiger partial charge on any atom is 0.253 e. The van der Waals surface area contributed by atoms with Gasteiger partial charge >= 0.3 is 0 Å². The number of amides is 2. The zero-order valence-electron chi connectivity index (χ0n) is 13.5. The number of benzene rings is 1.